The van der Waals surface area contributed by atoms with E-state index in [1.54, 1.807) is 24.3 Å². The van der Waals surface area contributed by atoms with Crippen molar-refractivity contribution in [3.63, 3.8) is 0 Å². The first-order chi connectivity index (χ1) is 11.5. The Labute approximate surface area is 142 Å². The summed E-state index contributed by atoms with van der Waals surface area (Å²) >= 11 is 0. The molecule has 0 bridgehead atoms. The zero-order chi connectivity index (χ0) is 17.3. The predicted octanol–water partition coefficient (Wildman–Crippen LogP) is 2.44. The summed E-state index contributed by atoms with van der Waals surface area (Å²) in [6, 6.07) is 15.2. The molecule has 2 aromatic rings. The second-order valence-corrected chi connectivity index (χ2v) is 6.30. The number of rotatable bonds is 5. The molecule has 0 aromatic heterocycles. The lowest BCUT2D eigenvalue weighted by atomic mass is 10.1. The fraction of sp³-hybridized carbons (Fsp3) is 0.263. The summed E-state index contributed by atoms with van der Waals surface area (Å²) in [5.41, 5.74) is 3.26. The number of hydrogen-bond acceptors (Lipinski definition) is 4. The van der Waals surface area contributed by atoms with Gasteiger partial charge in [-0.05, 0) is 36.9 Å². The molecule has 0 saturated carbocycles. The van der Waals surface area contributed by atoms with E-state index in [1.807, 2.05) is 30.9 Å². The Bertz CT molecular complexity index is 733. The number of fused-ring (bicyclic) bond motifs is 1. The molecule has 24 heavy (non-hydrogen) atoms. The van der Waals surface area contributed by atoms with Gasteiger partial charge in [0.2, 0.25) is 0 Å². The van der Waals surface area contributed by atoms with Crippen LogP contribution in [0.3, 0.4) is 0 Å². The molecule has 5 heteroatoms. The van der Waals surface area contributed by atoms with Gasteiger partial charge in [-0.15, -0.1) is 0 Å². The Morgan fingerprint density at radius 2 is 1.38 bits per heavy atom. The lowest BCUT2D eigenvalue weighted by Gasteiger charge is -2.23. The maximum absolute atomic E-state index is 12.4. The molecule has 2 amide bonds. The van der Waals surface area contributed by atoms with Crippen molar-refractivity contribution in [2.75, 3.05) is 32.7 Å². The third-order valence-corrected chi connectivity index (χ3v) is 4.17. The van der Waals surface area contributed by atoms with E-state index in [0.717, 1.165) is 11.3 Å². The minimum atomic E-state index is -0.217. The number of hydrogen-bond donors (Lipinski definition) is 0. The molecule has 1 heterocycles. The summed E-state index contributed by atoms with van der Waals surface area (Å²) in [5.74, 6) is -0.434. The van der Waals surface area contributed by atoms with Crippen molar-refractivity contribution in [2.45, 2.75) is 6.54 Å². The Balaban J connectivity index is 1.66. The van der Waals surface area contributed by atoms with E-state index in [4.69, 9.17) is 0 Å². The van der Waals surface area contributed by atoms with Crippen LogP contribution in [-0.4, -0.2) is 49.4 Å². The van der Waals surface area contributed by atoms with E-state index >= 15 is 0 Å². The molecule has 0 N–H and O–H groups in total. The SMILES string of the molecule is CN(Cc1ccc(N(C)C)cc1)CN1C(=O)c2ccccc2C1=O. The molecule has 2 aromatic carbocycles. The van der Waals surface area contributed by atoms with Crippen molar-refractivity contribution in [3.05, 3.63) is 65.2 Å². The van der Waals surface area contributed by atoms with Crippen LogP contribution in [0, 0.1) is 0 Å². The van der Waals surface area contributed by atoms with Crippen molar-refractivity contribution in [1.29, 1.82) is 0 Å². The number of imide groups is 1. The summed E-state index contributed by atoms with van der Waals surface area (Å²) < 4.78 is 0. The molecule has 0 aliphatic carbocycles. The van der Waals surface area contributed by atoms with Crippen LogP contribution in [0.2, 0.25) is 0 Å². The van der Waals surface area contributed by atoms with E-state index < -0.39 is 0 Å². The number of nitrogens with zero attached hydrogens (tertiary/aromatic N) is 3. The molecule has 5 nitrogen and oxygen atoms in total. The molecule has 1 aliphatic heterocycles. The molecule has 0 radical (unpaired) electrons. The number of benzene rings is 2. The van der Waals surface area contributed by atoms with Crippen LogP contribution < -0.4 is 4.90 Å². The normalized spacial score (nSPS) is 13.6. The molecule has 1 aliphatic rings. The Kier molecular flexibility index (Phi) is 4.36. The van der Waals surface area contributed by atoms with Gasteiger partial charge in [0.05, 0.1) is 17.8 Å². The smallest absolute Gasteiger partial charge is 0.262 e. The highest BCUT2D eigenvalue weighted by Crippen LogP contribution is 2.22. The van der Waals surface area contributed by atoms with Gasteiger partial charge in [0.1, 0.15) is 0 Å². The first-order valence-electron chi connectivity index (χ1n) is 7.87. The molecule has 124 valence electrons. The van der Waals surface area contributed by atoms with Crippen molar-refractivity contribution < 1.29 is 9.59 Å². The minimum absolute atomic E-state index is 0.217. The second kappa shape index (κ2) is 6.45. The average Bonchev–Trinajstić information content (AvgIpc) is 2.81. The average molecular weight is 323 g/mol. The number of anilines is 1. The summed E-state index contributed by atoms with van der Waals surface area (Å²) in [7, 11) is 5.91. The summed E-state index contributed by atoms with van der Waals surface area (Å²) in [5, 5.41) is 0. The minimum Gasteiger partial charge on any atom is -0.378 e. The first-order valence-corrected chi connectivity index (χ1v) is 7.87. The maximum Gasteiger partial charge on any atom is 0.262 e. The molecular formula is C19H21N3O2. The van der Waals surface area contributed by atoms with Crippen molar-refractivity contribution in [1.82, 2.24) is 9.80 Å². The van der Waals surface area contributed by atoms with Crippen LogP contribution in [0.5, 0.6) is 0 Å². The van der Waals surface area contributed by atoms with Gasteiger partial charge in [0, 0.05) is 26.3 Å². The van der Waals surface area contributed by atoms with E-state index in [0.29, 0.717) is 17.7 Å². The monoisotopic (exact) mass is 323 g/mol. The first kappa shape index (κ1) is 16.2. The topological polar surface area (TPSA) is 43.9 Å². The zero-order valence-corrected chi connectivity index (χ0v) is 14.2. The van der Waals surface area contributed by atoms with Gasteiger partial charge in [-0.3, -0.25) is 19.4 Å². The molecule has 0 spiro atoms. The van der Waals surface area contributed by atoms with E-state index in [9.17, 15) is 9.59 Å². The van der Waals surface area contributed by atoms with E-state index in [2.05, 4.69) is 24.3 Å². The molecule has 3 rings (SSSR count). The highest BCUT2D eigenvalue weighted by Gasteiger charge is 2.35. The summed E-state index contributed by atoms with van der Waals surface area (Å²) in [6.07, 6.45) is 0. The molecular weight excluding hydrogens is 302 g/mol. The van der Waals surface area contributed by atoms with Gasteiger partial charge in [-0.1, -0.05) is 24.3 Å². The largest absolute Gasteiger partial charge is 0.378 e. The van der Waals surface area contributed by atoms with Crippen LogP contribution in [0.25, 0.3) is 0 Å². The third kappa shape index (κ3) is 3.03. The van der Waals surface area contributed by atoms with Crippen LogP contribution in [0.1, 0.15) is 26.3 Å². The maximum atomic E-state index is 12.4. The predicted molar refractivity (Wildman–Crippen MR) is 94.0 cm³/mol. The van der Waals surface area contributed by atoms with Crippen molar-refractivity contribution in [2.24, 2.45) is 0 Å². The summed E-state index contributed by atoms with van der Waals surface area (Å²) in [6.45, 7) is 0.947. The lowest BCUT2D eigenvalue weighted by molar-refractivity contribution is 0.0559. The molecule has 0 fully saturated rings. The van der Waals surface area contributed by atoms with Crippen molar-refractivity contribution in [3.8, 4) is 0 Å². The second-order valence-electron chi connectivity index (χ2n) is 6.30. The fourth-order valence-corrected chi connectivity index (χ4v) is 2.87. The van der Waals surface area contributed by atoms with Gasteiger partial charge >= 0.3 is 0 Å². The van der Waals surface area contributed by atoms with Crippen molar-refractivity contribution >= 4 is 17.5 Å². The zero-order valence-electron chi connectivity index (χ0n) is 14.2. The molecule has 0 saturated heterocycles. The fourth-order valence-electron chi connectivity index (χ4n) is 2.87. The van der Waals surface area contributed by atoms with Crippen LogP contribution in [-0.2, 0) is 6.54 Å². The Morgan fingerprint density at radius 3 is 1.88 bits per heavy atom. The van der Waals surface area contributed by atoms with Gasteiger partial charge in [0.25, 0.3) is 11.8 Å². The Hall–Kier alpha value is -2.66. The third-order valence-electron chi connectivity index (χ3n) is 4.17. The summed E-state index contributed by atoms with van der Waals surface area (Å²) in [4.78, 5) is 30.1. The quantitative estimate of drug-likeness (QED) is 0.793. The number of carbonyl (C=O) groups is 2. The number of carbonyl (C=O) groups excluding carboxylic acids is 2. The van der Waals surface area contributed by atoms with Crippen LogP contribution in [0.15, 0.2) is 48.5 Å². The van der Waals surface area contributed by atoms with Crippen LogP contribution >= 0.6 is 0 Å². The van der Waals surface area contributed by atoms with E-state index in [1.165, 1.54) is 4.90 Å². The molecule has 0 unspecified atom stereocenters. The van der Waals surface area contributed by atoms with Gasteiger partial charge in [-0.2, -0.15) is 0 Å². The van der Waals surface area contributed by atoms with Gasteiger partial charge in [0.15, 0.2) is 0 Å². The lowest BCUT2D eigenvalue weighted by Crippen LogP contribution is -2.39. The Morgan fingerprint density at radius 1 is 0.833 bits per heavy atom. The molecule has 0 atom stereocenters. The number of amides is 2. The van der Waals surface area contributed by atoms with Crippen LogP contribution in [0.4, 0.5) is 5.69 Å². The highest BCUT2D eigenvalue weighted by atomic mass is 16.2. The van der Waals surface area contributed by atoms with Gasteiger partial charge in [-0.25, -0.2) is 0 Å². The van der Waals surface area contributed by atoms with Gasteiger partial charge < -0.3 is 4.90 Å². The van der Waals surface area contributed by atoms with E-state index in [-0.39, 0.29) is 18.5 Å². The standard InChI is InChI=1S/C19H21N3O2/c1-20(2)15-10-8-14(9-11-15)12-21(3)13-22-18(23)16-6-4-5-7-17(16)19(22)24/h4-11H,12-13H2,1-3H3. The highest BCUT2D eigenvalue weighted by molar-refractivity contribution is 6.21.